The lowest BCUT2D eigenvalue weighted by molar-refractivity contribution is -0.131. The van der Waals surface area contributed by atoms with Crippen LogP contribution in [0.15, 0.2) is 59.5 Å². The Kier molecular flexibility index (Phi) is 6.43. The van der Waals surface area contributed by atoms with Crippen LogP contribution in [0.1, 0.15) is 5.56 Å². The van der Waals surface area contributed by atoms with Crippen LogP contribution in [0.3, 0.4) is 0 Å². The zero-order valence-electron chi connectivity index (χ0n) is 15.8. The van der Waals surface area contributed by atoms with E-state index in [0.717, 1.165) is 5.56 Å². The van der Waals surface area contributed by atoms with Gasteiger partial charge in [0.25, 0.3) is 0 Å². The Morgan fingerprint density at radius 2 is 1.71 bits per heavy atom. The molecular weight excluding hydrogens is 381 g/mol. The number of hydrogen-bond donors (Lipinski definition) is 0. The van der Waals surface area contributed by atoms with Gasteiger partial charge in [-0.3, -0.25) is 9.69 Å². The number of hydrogen-bond acceptors (Lipinski definition) is 4. The molecule has 0 aliphatic carbocycles. The van der Waals surface area contributed by atoms with E-state index in [-0.39, 0.29) is 23.2 Å². The number of sulfonamides is 1. The van der Waals surface area contributed by atoms with E-state index in [0.29, 0.717) is 32.7 Å². The minimum Gasteiger partial charge on any atom is -0.340 e. The fourth-order valence-corrected chi connectivity index (χ4v) is 4.62. The van der Waals surface area contributed by atoms with Crippen LogP contribution in [-0.2, 0) is 21.4 Å². The van der Waals surface area contributed by atoms with Crippen molar-refractivity contribution in [1.29, 1.82) is 0 Å². The van der Waals surface area contributed by atoms with Crippen molar-refractivity contribution in [3.05, 3.63) is 66.0 Å². The van der Waals surface area contributed by atoms with Gasteiger partial charge < -0.3 is 4.90 Å². The molecule has 0 spiro atoms. The fourth-order valence-electron chi connectivity index (χ4n) is 3.18. The summed E-state index contributed by atoms with van der Waals surface area (Å²) in [5.74, 6) is -0.405. The van der Waals surface area contributed by atoms with Crippen molar-refractivity contribution in [3.8, 4) is 0 Å². The molecule has 0 atom stereocenters. The first-order valence-electron chi connectivity index (χ1n) is 9.12. The quantitative estimate of drug-likeness (QED) is 0.735. The van der Waals surface area contributed by atoms with E-state index >= 15 is 0 Å². The van der Waals surface area contributed by atoms with Crippen molar-refractivity contribution in [1.82, 2.24) is 14.1 Å². The summed E-state index contributed by atoms with van der Waals surface area (Å²) in [4.78, 5) is 16.2. The Morgan fingerprint density at radius 3 is 2.36 bits per heavy atom. The number of amides is 1. The molecule has 1 saturated heterocycles. The predicted octanol–water partition coefficient (Wildman–Crippen LogP) is 1.79. The first-order valence-corrected chi connectivity index (χ1v) is 10.6. The van der Waals surface area contributed by atoms with Crippen LogP contribution in [-0.4, -0.2) is 68.2 Å². The molecular formula is C20H24FN3O3S. The van der Waals surface area contributed by atoms with Crippen molar-refractivity contribution in [2.75, 3.05) is 39.8 Å². The van der Waals surface area contributed by atoms with Crippen LogP contribution in [0.4, 0.5) is 4.39 Å². The number of halogens is 1. The fraction of sp³-hybridized carbons (Fsp3) is 0.350. The van der Waals surface area contributed by atoms with Gasteiger partial charge in [-0.05, 0) is 29.8 Å². The van der Waals surface area contributed by atoms with Crippen LogP contribution in [0.5, 0.6) is 0 Å². The van der Waals surface area contributed by atoms with Gasteiger partial charge in [-0.1, -0.05) is 30.3 Å². The highest BCUT2D eigenvalue weighted by Gasteiger charge is 2.29. The van der Waals surface area contributed by atoms with Gasteiger partial charge in [-0.15, -0.1) is 0 Å². The van der Waals surface area contributed by atoms with E-state index in [1.54, 1.807) is 54.4 Å². The van der Waals surface area contributed by atoms with Crippen LogP contribution >= 0.6 is 0 Å². The van der Waals surface area contributed by atoms with E-state index in [1.165, 1.54) is 16.4 Å². The number of carbonyl (C=O) groups excluding carboxylic acids is 1. The average molecular weight is 405 g/mol. The highest BCUT2D eigenvalue weighted by molar-refractivity contribution is 7.89. The SMILES string of the molecule is CN(Cc1cccc(F)c1)C(=O)CN1CCN(S(=O)(=O)c2ccccc2)CC1. The molecule has 0 radical (unpaired) electrons. The van der Waals surface area contributed by atoms with Crippen molar-refractivity contribution in [2.45, 2.75) is 11.4 Å². The Hall–Kier alpha value is -2.29. The first kappa shape index (κ1) is 20.4. The average Bonchev–Trinajstić information content (AvgIpc) is 2.69. The van der Waals surface area contributed by atoms with Crippen molar-refractivity contribution in [3.63, 3.8) is 0 Å². The van der Waals surface area contributed by atoms with Crippen molar-refractivity contribution >= 4 is 15.9 Å². The van der Waals surface area contributed by atoms with Gasteiger partial charge in [-0.2, -0.15) is 4.31 Å². The van der Waals surface area contributed by atoms with Gasteiger partial charge in [-0.25, -0.2) is 12.8 Å². The van der Waals surface area contributed by atoms with Crippen molar-refractivity contribution < 1.29 is 17.6 Å². The van der Waals surface area contributed by atoms with E-state index in [4.69, 9.17) is 0 Å². The molecule has 1 heterocycles. The minimum atomic E-state index is -3.50. The van der Waals surface area contributed by atoms with Crippen LogP contribution in [0.25, 0.3) is 0 Å². The summed E-state index contributed by atoms with van der Waals surface area (Å²) in [6, 6.07) is 14.6. The molecule has 2 aromatic carbocycles. The summed E-state index contributed by atoms with van der Waals surface area (Å²) < 4.78 is 40.1. The molecule has 0 unspecified atom stereocenters. The number of benzene rings is 2. The largest absolute Gasteiger partial charge is 0.340 e. The molecule has 2 aromatic rings. The monoisotopic (exact) mass is 405 g/mol. The second-order valence-electron chi connectivity index (χ2n) is 6.87. The lowest BCUT2D eigenvalue weighted by Crippen LogP contribution is -2.51. The second kappa shape index (κ2) is 8.81. The Bertz CT molecular complexity index is 913. The van der Waals surface area contributed by atoms with Crippen LogP contribution < -0.4 is 0 Å². The highest BCUT2D eigenvalue weighted by atomic mass is 32.2. The minimum absolute atomic E-state index is 0.0800. The molecule has 0 saturated carbocycles. The van der Waals surface area contributed by atoms with Gasteiger partial charge in [0.15, 0.2) is 0 Å². The number of nitrogens with zero attached hydrogens (tertiary/aromatic N) is 3. The molecule has 150 valence electrons. The maximum atomic E-state index is 13.3. The molecule has 0 bridgehead atoms. The smallest absolute Gasteiger partial charge is 0.243 e. The maximum Gasteiger partial charge on any atom is 0.243 e. The van der Waals surface area contributed by atoms with E-state index in [2.05, 4.69) is 0 Å². The van der Waals surface area contributed by atoms with Crippen molar-refractivity contribution in [2.24, 2.45) is 0 Å². The zero-order chi connectivity index (χ0) is 20.1. The summed E-state index contributed by atoms with van der Waals surface area (Å²) in [5.41, 5.74) is 0.731. The molecule has 1 amide bonds. The molecule has 3 rings (SSSR count). The molecule has 8 heteroatoms. The topological polar surface area (TPSA) is 60.9 Å². The second-order valence-corrected chi connectivity index (χ2v) is 8.81. The molecule has 1 aliphatic rings. The Morgan fingerprint density at radius 1 is 1.04 bits per heavy atom. The highest BCUT2D eigenvalue weighted by Crippen LogP contribution is 2.17. The summed E-state index contributed by atoms with van der Waals surface area (Å²) in [6.45, 7) is 2.22. The molecule has 1 aliphatic heterocycles. The molecule has 0 N–H and O–H groups in total. The van der Waals surface area contributed by atoms with Gasteiger partial charge in [0.2, 0.25) is 15.9 Å². The number of likely N-dealkylation sites (N-methyl/N-ethyl adjacent to an activating group) is 1. The summed E-state index contributed by atoms with van der Waals surface area (Å²) >= 11 is 0. The number of carbonyl (C=O) groups is 1. The van der Waals surface area contributed by atoms with Gasteiger partial charge in [0, 0.05) is 39.8 Å². The Labute approximate surface area is 165 Å². The zero-order valence-corrected chi connectivity index (χ0v) is 16.6. The number of rotatable bonds is 6. The van der Waals surface area contributed by atoms with E-state index in [1.807, 2.05) is 4.90 Å². The summed E-state index contributed by atoms with van der Waals surface area (Å²) in [7, 11) is -1.82. The summed E-state index contributed by atoms with van der Waals surface area (Å²) in [6.07, 6.45) is 0. The molecule has 1 fully saturated rings. The van der Waals surface area contributed by atoms with Gasteiger partial charge in [0.1, 0.15) is 5.82 Å². The predicted molar refractivity (Wildman–Crippen MR) is 105 cm³/mol. The van der Waals surface area contributed by atoms with Gasteiger partial charge in [0.05, 0.1) is 11.4 Å². The maximum absolute atomic E-state index is 13.3. The molecule has 6 nitrogen and oxygen atoms in total. The third-order valence-corrected chi connectivity index (χ3v) is 6.72. The lowest BCUT2D eigenvalue weighted by Gasteiger charge is -2.34. The van der Waals surface area contributed by atoms with E-state index in [9.17, 15) is 17.6 Å². The first-order chi connectivity index (χ1) is 13.4. The lowest BCUT2D eigenvalue weighted by atomic mass is 10.2. The summed E-state index contributed by atoms with van der Waals surface area (Å²) in [5, 5.41) is 0. The normalized spacial score (nSPS) is 16.1. The van der Waals surface area contributed by atoms with E-state index < -0.39 is 10.0 Å². The molecule has 28 heavy (non-hydrogen) atoms. The third kappa shape index (κ3) is 4.95. The number of piperazine rings is 1. The van der Waals surface area contributed by atoms with Gasteiger partial charge >= 0.3 is 0 Å². The third-order valence-electron chi connectivity index (χ3n) is 4.81. The molecule has 0 aromatic heterocycles. The van der Waals surface area contributed by atoms with Crippen LogP contribution in [0, 0.1) is 5.82 Å². The standard InChI is InChI=1S/C20H24FN3O3S/c1-22(15-17-6-5-7-18(21)14-17)20(25)16-23-10-12-24(13-11-23)28(26,27)19-8-3-2-4-9-19/h2-9,14H,10-13,15-16H2,1H3. The Balaban J connectivity index is 1.52. The van der Waals surface area contributed by atoms with Crippen LogP contribution in [0.2, 0.25) is 0 Å².